The number of hydrogen-bond donors (Lipinski definition) is 0. The predicted molar refractivity (Wildman–Crippen MR) is 104 cm³/mol. The van der Waals surface area contributed by atoms with Gasteiger partial charge in [-0.3, -0.25) is 4.79 Å². The molecule has 2 fully saturated rings. The Morgan fingerprint density at radius 1 is 0.964 bits per heavy atom. The van der Waals surface area contributed by atoms with Crippen LogP contribution in [-0.4, -0.2) is 62.7 Å². The molecule has 1 aromatic rings. The van der Waals surface area contributed by atoms with E-state index in [2.05, 4.69) is 0 Å². The molecule has 0 aromatic heterocycles. The van der Waals surface area contributed by atoms with E-state index in [1.165, 1.54) is 0 Å². The summed E-state index contributed by atoms with van der Waals surface area (Å²) in [4.78, 5) is 14.9. The molecule has 7 heteroatoms. The minimum Gasteiger partial charge on any atom is -0.490 e. The summed E-state index contributed by atoms with van der Waals surface area (Å²) in [6, 6.07) is 3.47. The molecule has 1 spiro atoms. The van der Waals surface area contributed by atoms with Crippen LogP contribution in [0.3, 0.4) is 0 Å². The van der Waals surface area contributed by atoms with Gasteiger partial charge in [-0.2, -0.15) is 0 Å². The standard InChI is InChI=1S/C21H31NO6/c1-6-24-16-9-15(10-17(25-7-2)18(16)26-8-3)19(23)22-11-21(12-22)13-27-20(4,5)28-14-21/h9-10H,6-8,11-14H2,1-5H3. The number of ether oxygens (including phenoxy) is 5. The van der Waals surface area contributed by atoms with Crippen molar-refractivity contribution in [3.05, 3.63) is 17.7 Å². The summed E-state index contributed by atoms with van der Waals surface area (Å²) in [6.45, 7) is 13.4. The van der Waals surface area contributed by atoms with E-state index in [9.17, 15) is 4.79 Å². The van der Waals surface area contributed by atoms with Crippen molar-refractivity contribution in [1.82, 2.24) is 4.90 Å². The molecule has 0 N–H and O–H groups in total. The van der Waals surface area contributed by atoms with Crippen LogP contribution in [0.1, 0.15) is 45.0 Å². The molecule has 2 aliphatic heterocycles. The molecule has 0 saturated carbocycles. The molecule has 1 amide bonds. The van der Waals surface area contributed by atoms with Gasteiger partial charge in [0.15, 0.2) is 17.3 Å². The van der Waals surface area contributed by atoms with Crippen molar-refractivity contribution in [2.24, 2.45) is 5.41 Å². The van der Waals surface area contributed by atoms with Crippen LogP contribution >= 0.6 is 0 Å². The molecular weight excluding hydrogens is 362 g/mol. The SMILES string of the molecule is CCOc1cc(C(=O)N2CC3(COC(C)(C)OC3)C2)cc(OCC)c1OCC. The highest BCUT2D eigenvalue weighted by Gasteiger charge is 2.50. The van der Waals surface area contributed by atoms with Crippen molar-refractivity contribution >= 4 is 5.91 Å². The number of carbonyl (C=O) groups excluding carboxylic acids is 1. The van der Waals surface area contributed by atoms with Gasteiger partial charge >= 0.3 is 0 Å². The van der Waals surface area contributed by atoms with Crippen LogP contribution in [0.25, 0.3) is 0 Å². The van der Waals surface area contributed by atoms with Crippen molar-refractivity contribution in [2.45, 2.75) is 40.4 Å². The zero-order valence-electron chi connectivity index (χ0n) is 17.5. The van der Waals surface area contributed by atoms with Crippen molar-refractivity contribution in [3.63, 3.8) is 0 Å². The second kappa shape index (κ2) is 8.17. The number of hydrogen-bond acceptors (Lipinski definition) is 6. The lowest BCUT2D eigenvalue weighted by molar-refractivity contribution is -0.301. The van der Waals surface area contributed by atoms with E-state index in [1.807, 2.05) is 39.5 Å². The van der Waals surface area contributed by atoms with E-state index in [1.54, 1.807) is 12.1 Å². The zero-order valence-corrected chi connectivity index (χ0v) is 17.5. The molecule has 0 aliphatic carbocycles. The van der Waals surface area contributed by atoms with E-state index in [-0.39, 0.29) is 11.3 Å². The van der Waals surface area contributed by atoms with Gasteiger partial charge in [0.05, 0.1) is 38.4 Å². The fourth-order valence-electron chi connectivity index (χ4n) is 3.52. The maximum Gasteiger partial charge on any atom is 0.254 e. The molecule has 0 radical (unpaired) electrons. The molecule has 2 saturated heterocycles. The third-order valence-electron chi connectivity index (χ3n) is 4.95. The number of amides is 1. The Bertz CT molecular complexity index is 672. The minimum atomic E-state index is -0.552. The first-order chi connectivity index (χ1) is 13.3. The second-order valence-corrected chi connectivity index (χ2v) is 7.74. The Kier molecular flexibility index (Phi) is 6.05. The average molecular weight is 393 g/mol. The fourth-order valence-corrected chi connectivity index (χ4v) is 3.52. The molecule has 3 rings (SSSR count). The number of benzene rings is 1. The quantitative estimate of drug-likeness (QED) is 0.709. The first-order valence-corrected chi connectivity index (χ1v) is 9.96. The first kappa shape index (κ1) is 20.7. The molecule has 0 atom stereocenters. The summed E-state index contributed by atoms with van der Waals surface area (Å²) in [5, 5.41) is 0. The van der Waals surface area contributed by atoms with Gasteiger partial charge in [-0.25, -0.2) is 0 Å². The van der Waals surface area contributed by atoms with Gasteiger partial charge in [0.25, 0.3) is 5.91 Å². The Morgan fingerprint density at radius 3 is 1.93 bits per heavy atom. The lowest BCUT2D eigenvalue weighted by Gasteiger charge is -2.54. The zero-order chi connectivity index (χ0) is 20.4. The monoisotopic (exact) mass is 393 g/mol. The van der Waals surface area contributed by atoms with Crippen LogP contribution < -0.4 is 14.2 Å². The van der Waals surface area contributed by atoms with E-state index >= 15 is 0 Å². The number of rotatable bonds is 7. The van der Waals surface area contributed by atoms with Crippen LogP contribution in [0.15, 0.2) is 12.1 Å². The molecule has 0 unspecified atom stereocenters. The third-order valence-corrected chi connectivity index (χ3v) is 4.95. The van der Waals surface area contributed by atoms with Crippen LogP contribution in [0.2, 0.25) is 0 Å². The number of likely N-dealkylation sites (tertiary alicyclic amines) is 1. The molecular formula is C21H31NO6. The average Bonchev–Trinajstić information content (AvgIpc) is 2.62. The van der Waals surface area contributed by atoms with Gasteiger partial charge in [-0.15, -0.1) is 0 Å². The Morgan fingerprint density at radius 2 is 1.46 bits per heavy atom. The van der Waals surface area contributed by atoms with Gasteiger partial charge in [0, 0.05) is 18.7 Å². The maximum absolute atomic E-state index is 13.1. The summed E-state index contributed by atoms with van der Waals surface area (Å²) in [5.74, 6) is 0.989. The van der Waals surface area contributed by atoms with Crippen LogP contribution in [0.4, 0.5) is 0 Å². The smallest absolute Gasteiger partial charge is 0.254 e. The largest absolute Gasteiger partial charge is 0.490 e. The number of carbonyl (C=O) groups is 1. The highest BCUT2D eigenvalue weighted by molar-refractivity contribution is 5.96. The van der Waals surface area contributed by atoms with E-state index in [4.69, 9.17) is 23.7 Å². The highest BCUT2D eigenvalue weighted by atomic mass is 16.7. The van der Waals surface area contributed by atoms with Crippen LogP contribution in [0.5, 0.6) is 17.2 Å². The summed E-state index contributed by atoms with van der Waals surface area (Å²) in [5.41, 5.74) is 0.422. The normalized spacial score (nSPS) is 19.8. The molecule has 2 heterocycles. The predicted octanol–water partition coefficient (Wildman–Crippen LogP) is 3.11. The Balaban J connectivity index is 1.77. The van der Waals surface area contributed by atoms with Gasteiger partial charge in [-0.1, -0.05) is 0 Å². The summed E-state index contributed by atoms with van der Waals surface area (Å²) in [7, 11) is 0. The molecule has 2 aliphatic rings. The molecule has 1 aromatic carbocycles. The van der Waals surface area contributed by atoms with Gasteiger partial charge in [0.1, 0.15) is 0 Å². The topological polar surface area (TPSA) is 66.5 Å². The van der Waals surface area contributed by atoms with Crippen molar-refractivity contribution < 1.29 is 28.5 Å². The molecule has 0 bridgehead atoms. The van der Waals surface area contributed by atoms with E-state index < -0.39 is 5.79 Å². The minimum absolute atomic E-state index is 0.0552. The maximum atomic E-state index is 13.1. The summed E-state index contributed by atoms with van der Waals surface area (Å²) >= 11 is 0. The van der Waals surface area contributed by atoms with Gasteiger partial charge in [-0.05, 0) is 46.8 Å². The fraction of sp³-hybridized carbons (Fsp3) is 0.667. The van der Waals surface area contributed by atoms with Crippen molar-refractivity contribution in [1.29, 1.82) is 0 Å². The number of nitrogens with zero attached hydrogens (tertiary/aromatic N) is 1. The lowest BCUT2D eigenvalue weighted by Crippen LogP contribution is -2.65. The molecule has 156 valence electrons. The Hall–Kier alpha value is -1.99. The van der Waals surface area contributed by atoms with Crippen molar-refractivity contribution in [2.75, 3.05) is 46.1 Å². The lowest BCUT2D eigenvalue weighted by atomic mass is 9.80. The van der Waals surface area contributed by atoms with Gasteiger partial charge in [0.2, 0.25) is 5.75 Å². The molecule has 28 heavy (non-hydrogen) atoms. The van der Waals surface area contributed by atoms with Crippen molar-refractivity contribution in [3.8, 4) is 17.2 Å². The Labute approximate surface area is 166 Å². The van der Waals surface area contributed by atoms with E-state index in [0.717, 1.165) is 0 Å². The third kappa shape index (κ3) is 4.20. The first-order valence-electron chi connectivity index (χ1n) is 9.96. The second-order valence-electron chi connectivity index (χ2n) is 7.74. The van der Waals surface area contributed by atoms with E-state index in [0.29, 0.717) is 68.9 Å². The summed E-state index contributed by atoms with van der Waals surface area (Å²) < 4.78 is 28.7. The van der Waals surface area contributed by atoms with Gasteiger partial charge < -0.3 is 28.6 Å². The van der Waals surface area contributed by atoms with Crippen LogP contribution in [0, 0.1) is 5.41 Å². The highest BCUT2D eigenvalue weighted by Crippen LogP contribution is 2.42. The molecule has 7 nitrogen and oxygen atoms in total. The summed E-state index contributed by atoms with van der Waals surface area (Å²) in [6.07, 6.45) is 0. The van der Waals surface area contributed by atoms with Crippen LogP contribution in [-0.2, 0) is 9.47 Å².